The molecule has 0 aliphatic carbocycles. The Labute approximate surface area is 198 Å². The zero-order valence-corrected chi connectivity index (χ0v) is 19.4. The van der Waals surface area contributed by atoms with E-state index in [0.717, 1.165) is 35.1 Å². The summed E-state index contributed by atoms with van der Waals surface area (Å²) in [6.07, 6.45) is 0. The van der Waals surface area contributed by atoms with Gasteiger partial charge in [-0.1, -0.05) is 30.3 Å². The molecule has 0 atom stereocenters. The Morgan fingerprint density at radius 2 is 1.68 bits per heavy atom. The Balaban J connectivity index is 1.75. The first-order valence-electron chi connectivity index (χ1n) is 9.76. The number of benzene rings is 2. The van der Waals surface area contributed by atoms with Gasteiger partial charge in [-0.05, 0) is 36.8 Å². The summed E-state index contributed by atoms with van der Waals surface area (Å²) in [5.41, 5.74) is 0.237. The Bertz CT molecular complexity index is 1340. The molecule has 9 nitrogen and oxygen atoms in total. The number of thiophene rings is 1. The molecule has 0 spiro atoms. The van der Waals surface area contributed by atoms with Crippen LogP contribution in [-0.2, 0) is 24.3 Å². The third-order valence-electron chi connectivity index (χ3n) is 4.36. The van der Waals surface area contributed by atoms with Gasteiger partial charge in [-0.25, -0.2) is 27.5 Å². The number of sulfonamides is 1. The van der Waals surface area contributed by atoms with Crippen molar-refractivity contribution in [1.29, 1.82) is 0 Å². The summed E-state index contributed by atoms with van der Waals surface area (Å²) in [6.45, 7) is 0.951. The molecule has 3 aromatic rings. The van der Waals surface area contributed by atoms with Crippen LogP contribution in [0.15, 0.2) is 59.5 Å². The van der Waals surface area contributed by atoms with Gasteiger partial charge in [0, 0.05) is 4.88 Å². The smallest absolute Gasteiger partial charge is 0.341 e. The monoisotopic (exact) mass is 506 g/mol. The predicted octanol–water partition coefficient (Wildman–Crippen LogP) is 3.17. The summed E-state index contributed by atoms with van der Waals surface area (Å²) in [6, 6.07) is 13.1. The minimum Gasteiger partial charge on any atom is -0.462 e. The van der Waals surface area contributed by atoms with Gasteiger partial charge >= 0.3 is 11.9 Å². The van der Waals surface area contributed by atoms with Gasteiger partial charge in [-0.15, -0.1) is 11.3 Å². The Morgan fingerprint density at radius 3 is 2.32 bits per heavy atom. The number of amides is 1. The molecule has 0 saturated heterocycles. The van der Waals surface area contributed by atoms with Crippen LogP contribution in [0.25, 0.3) is 10.4 Å². The van der Waals surface area contributed by atoms with Crippen molar-refractivity contribution < 1.29 is 36.7 Å². The van der Waals surface area contributed by atoms with Crippen LogP contribution in [0.1, 0.15) is 27.6 Å². The van der Waals surface area contributed by atoms with Crippen LogP contribution in [0.5, 0.6) is 0 Å². The summed E-state index contributed by atoms with van der Waals surface area (Å²) >= 11 is 1.12. The summed E-state index contributed by atoms with van der Waals surface area (Å²) < 4.78 is 46.7. The number of hydrogen-bond acceptors (Lipinski definition) is 8. The molecule has 0 aliphatic rings. The van der Waals surface area contributed by atoms with Crippen LogP contribution in [0.2, 0.25) is 0 Å². The van der Waals surface area contributed by atoms with E-state index in [2.05, 4.69) is 5.32 Å². The summed E-state index contributed by atoms with van der Waals surface area (Å²) in [7, 11) is -4.18. The molecule has 0 radical (unpaired) electrons. The molecule has 0 saturated carbocycles. The van der Waals surface area contributed by atoms with E-state index < -0.39 is 50.8 Å². The largest absolute Gasteiger partial charge is 0.462 e. The summed E-state index contributed by atoms with van der Waals surface area (Å²) in [5.74, 6) is -3.76. The highest BCUT2D eigenvalue weighted by Crippen LogP contribution is 2.36. The molecule has 1 aromatic heterocycles. The quantitative estimate of drug-likeness (QED) is 0.447. The highest BCUT2D eigenvalue weighted by atomic mass is 32.2. The number of nitrogens with one attached hydrogen (secondary N) is 1. The average Bonchev–Trinajstić information content (AvgIpc) is 3.21. The predicted molar refractivity (Wildman–Crippen MR) is 122 cm³/mol. The average molecular weight is 507 g/mol. The van der Waals surface area contributed by atoms with E-state index in [9.17, 15) is 27.2 Å². The molecule has 178 valence electrons. The molecule has 34 heavy (non-hydrogen) atoms. The second-order valence-electron chi connectivity index (χ2n) is 6.75. The lowest BCUT2D eigenvalue weighted by Crippen LogP contribution is -2.22. The van der Waals surface area contributed by atoms with Gasteiger partial charge in [0.1, 0.15) is 10.8 Å². The molecule has 0 bridgehead atoms. The van der Waals surface area contributed by atoms with Crippen molar-refractivity contribution in [2.24, 2.45) is 5.14 Å². The summed E-state index contributed by atoms with van der Waals surface area (Å²) in [5, 5.41) is 7.66. The maximum absolute atomic E-state index is 14.0. The van der Waals surface area contributed by atoms with Crippen LogP contribution in [-0.4, -0.2) is 39.5 Å². The topological polar surface area (TPSA) is 142 Å². The van der Waals surface area contributed by atoms with Crippen molar-refractivity contribution in [3.05, 3.63) is 71.5 Å². The number of primary sulfonamides is 1. The highest BCUT2D eigenvalue weighted by molar-refractivity contribution is 7.89. The fourth-order valence-corrected chi connectivity index (χ4v) is 4.41. The Hall–Kier alpha value is -3.61. The van der Waals surface area contributed by atoms with Crippen molar-refractivity contribution in [1.82, 2.24) is 0 Å². The van der Waals surface area contributed by atoms with Crippen LogP contribution in [0.4, 0.5) is 9.39 Å². The number of hydrogen-bond donors (Lipinski definition) is 2. The number of rotatable bonds is 8. The van der Waals surface area contributed by atoms with Gasteiger partial charge in [0.05, 0.1) is 22.6 Å². The van der Waals surface area contributed by atoms with E-state index in [-0.39, 0.29) is 17.2 Å². The molecular weight excluding hydrogens is 487 g/mol. The Kier molecular flexibility index (Phi) is 7.76. The molecule has 1 amide bonds. The molecule has 2 aromatic carbocycles. The first-order chi connectivity index (χ1) is 16.1. The third kappa shape index (κ3) is 6.04. The molecule has 0 fully saturated rings. The number of carbonyl (C=O) groups is 3. The SMILES string of the molecule is CCOC(=O)c1cc(-c2ccccc2)sc1NC(=O)COC(=O)c1cc(S(N)(=O)=O)ccc1F. The normalized spacial score (nSPS) is 11.0. The maximum atomic E-state index is 14.0. The standard InChI is InChI=1S/C22H19FN2O7S2/c1-2-31-22(28)16-11-18(13-6-4-3-5-7-13)33-20(16)25-19(26)12-32-21(27)15-10-14(34(24,29)30)8-9-17(15)23/h3-11H,2,12H2,1H3,(H,25,26)(H2,24,29,30). The third-order valence-corrected chi connectivity index (χ3v) is 6.37. The van der Waals surface area contributed by atoms with Gasteiger partial charge in [0.2, 0.25) is 10.0 Å². The first kappa shape index (κ1) is 25.0. The van der Waals surface area contributed by atoms with Crippen molar-refractivity contribution in [3.63, 3.8) is 0 Å². The zero-order valence-electron chi connectivity index (χ0n) is 17.7. The van der Waals surface area contributed by atoms with Gasteiger partial charge in [0.15, 0.2) is 6.61 Å². The molecule has 3 rings (SSSR count). The fourth-order valence-electron chi connectivity index (χ4n) is 2.80. The molecule has 3 N–H and O–H groups in total. The number of anilines is 1. The Morgan fingerprint density at radius 1 is 1.00 bits per heavy atom. The lowest BCUT2D eigenvalue weighted by molar-refractivity contribution is -0.119. The summed E-state index contributed by atoms with van der Waals surface area (Å²) in [4.78, 5) is 37.1. The maximum Gasteiger partial charge on any atom is 0.341 e. The van der Waals surface area contributed by atoms with Crippen molar-refractivity contribution in [2.45, 2.75) is 11.8 Å². The van der Waals surface area contributed by atoms with E-state index in [4.69, 9.17) is 14.6 Å². The van der Waals surface area contributed by atoms with Crippen LogP contribution < -0.4 is 10.5 Å². The van der Waals surface area contributed by atoms with E-state index >= 15 is 0 Å². The second kappa shape index (κ2) is 10.5. The van der Waals surface area contributed by atoms with E-state index in [1.807, 2.05) is 30.3 Å². The molecule has 12 heteroatoms. The van der Waals surface area contributed by atoms with Gasteiger partial charge in [0.25, 0.3) is 5.91 Å². The minimum absolute atomic E-state index is 0.122. The lowest BCUT2D eigenvalue weighted by Gasteiger charge is -2.08. The number of halogens is 1. The number of esters is 2. The molecule has 1 heterocycles. The fraction of sp³-hybridized carbons (Fsp3) is 0.136. The minimum atomic E-state index is -4.18. The molecular formula is C22H19FN2O7S2. The number of carbonyl (C=O) groups excluding carboxylic acids is 3. The van der Waals surface area contributed by atoms with Gasteiger partial charge < -0.3 is 14.8 Å². The van der Waals surface area contributed by atoms with Crippen LogP contribution in [0.3, 0.4) is 0 Å². The molecule has 0 unspecified atom stereocenters. The van der Waals surface area contributed by atoms with Gasteiger partial charge in [-0.2, -0.15) is 0 Å². The second-order valence-corrected chi connectivity index (χ2v) is 9.36. The molecule has 0 aliphatic heterocycles. The van der Waals surface area contributed by atoms with E-state index in [0.29, 0.717) is 4.88 Å². The zero-order chi connectivity index (χ0) is 24.9. The van der Waals surface area contributed by atoms with Crippen LogP contribution in [0, 0.1) is 5.82 Å². The van der Waals surface area contributed by atoms with Crippen molar-refractivity contribution in [2.75, 3.05) is 18.5 Å². The number of ether oxygens (including phenoxy) is 2. The van der Waals surface area contributed by atoms with E-state index in [1.165, 1.54) is 0 Å². The lowest BCUT2D eigenvalue weighted by atomic mass is 10.1. The van der Waals surface area contributed by atoms with Crippen molar-refractivity contribution >= 4 is 44.2 Å². The van der Waals surface area contributed by atoms with Crippen LogP contribution >= 0.6 is 11.3 Å². The van der Waals surface area contributed by atoms with E-state index in [1.54, 1.807) is 13.0 Å². The first-order valence-corrected chi connectivity index (χ1v) is 12.1. The highest BCUT2D eigenvalue weighted by Gasteiger charge is 2.22. The van der Waals surface area contributed by atoms with Crippen molar-refractivity contribution in [3.8, 4) is 10.4 Å². The number of nitrogens with two attached hydrogens (primary N) is 1. The van der Waals surface area contributed by atoms with Gasteiger partial charge in [-0.3, -0.25) is 4.79 Å².